The van der Waals surface area contributed by atoms with Crippen LogP contribution in [0.2, 0.25) is 0 Å². The van der Waals surface area contributed by atoms with E-state index in [0.29, 0.717) is 0 Å². The minimum absolute atomic E-state index is 0.840. The number of thioether (sulfide) groups is 1. The first kappa shape index (κ1) is 14.8. The summed E-state index contributed by atoms with van der Waals surface area (Å²) >= 11 is 1.93. The van der Waals surface area contributed by atoms with E-state index in [1.807, 2.05) is 39.6 Å². The molecule has 76 valence electrons. The Bertz CT molecular complexity index is 54.5. The molecule has 0 spiro atoms. The van der Waals surface area contributed by atoms with E-state index in [4.69, 9.17) is 4.74 Å². The molecule has 0 aromatic carbocycles. The normalized spacial score (nSPS) is 9.00. The number of hydrogen-bond donors (Lipinski definition) is 1. The number of hydrogen-bond acceptors (Lipinski definition) is 3. The highest BCUT2D eigenvalue weighted by Crippen LogP contribution is 1.96. The summed E-state index contributed by atoms with van der Waals surface area (Å²) in [6.07, 6.45) is 0. The smallest absolute Gasteiger partial charge is 0.0556 e. The highest BCUT2D eigenvalue weighted by atomic mass is 32.2. The molecule has 0 saturated heterocycles. The van der Waals surface area contributed by atoms with Gasteiger partial charge in [-0.25, -0.2) is 0 Å². The Hall–Kier alpha value is 0.270. The van der Waals surface area contributed by atoms with E-state index in [1.165, 1.54) is 5.75 Å². The van der Waals surface area contributed by atoms with Crippen LogP contribution in [0.1, 0.15) is 20.8 Å². The number of rotatable bonds is 7. The lowest BCUT2D eigenvalue weighted by Gasteiger charge is -2.00. The van der Waals surface area contributed by atoms with Crippen molar-refractivity contribution in [3.8, 4) is 0 Å². The van der Waals surface area contributed by atoms with E-state index in [9.17, 15) is 0 Å². The molecular weight excluding hydrogens is 170 g/mol. The molecule has 3 heteroatoms. The number of nitrogens with one attached hydrogen (secondary N) is 1. The number of ether oxygens (including phenoxy) is 1. The van der Waals surface area contributed by atoms with Crippen LogP contribution < -0.4 is 5.32 Å². The van der Waals surface area contributed by atoms with Crippen molar-refractivity contribution >= 4 is 11.8 Å². The minimum Gasteiger partial charge on any atom is -0.381 e. The van der Waals surface area contributed by atoms with E-state index < -0.39 is 0 Å². The summed E-state index contributed by atoms with van der Waals surface area (Å²) in [4.78, 5) is 0. The molecule has 1 N–H and O–H groups in total. The van der Waals surface area contributed by atoms with Crippen molar-refractivity contribution in [1.82, 2.24) is 5.32 Å². The summed E-state index contributed by atoms with van der Waals surface area (Å²) in [5.41, 5.74) is 0. The Morgan fingerprint density at radius 2 is 1.92 bits per heavy atom. The molecule has 0 aromatic rings. The second-order valence-corrected chi connectivity index (χ2v) is 3.14. The van der Waals surface area contributed by atoms with Crippen LogP contribution in [0.4, 0.5) is 0 Å². The zero-order valence-corrected chi connectivity index (χ0v) is 9.67. The fourth-order valence-corrected chi connectivity index (χ4v) is 1.33. The van der Waals surface area contributed by atoms with Crippen molar-refractivity contribution in [2.75, 3.05) is 38.3 Å². The highest BCUT2D eigenvalue weighted by molar-refractivity contribution is 7.99. The van der Waals surface area contributed by atoms with Crippen molar-refractivity contribution in [2.24, 2.45) is 0 Å². The summed E-state index contributed by atoms with van der Waals surface area (Å²) in [6.45, 7) is 8.85. The molecule has 0 heterocycles. The van der Waals surface area contributed by atoms with E-state index in [0.717, 1.165) is 25.5 Å². The third-order valence-corrected chi connectivity index (χ3v) is 2.02. The predicted molar refractivity (Wildman–Crippen MR) is 59.1 cm³/mol. The molecule has 0 aliphatic heterocycles. The lowest BCUT2D eigenvalue weighted by molar-refractivity contribution is 0.164. The largest absolute Gasteiger partial charge is 0.381 e. The van der Waals surface area contributed by atoms with Gasteiger partial charge in [-0.05, 0) is 14.0 Å². The van der Waals surface area contributed by atoms with Gasteiger partial charge >= 0.3 is 0 Å². The second-order valence-electron chi connectivity index (χ2n) is 1.91. The van der Waals surface area contributed by atoms with Crippen LogP contribution in [-0.2, 0) is 4.74 Å². The summed E-state index contributed by atoms with van der Waals surface area (Å²) in [7, 11) is 1.98. The fraction of sp³-hybridized carbons (Fsp3) is 1.00. The summed E-state index contributed by atoms with van der Waals surface area (Å²) in [6, 6.07) is 0. The first-order valence-electron chi connectivity index (χ1n) is 4.72. The first-order chi connectivity index (χ1) is 5.91. The fourth-order valence-electron chi connectivity index (χ4n) is 0.538. The average molecular weight is 193 g/mol. The minimum atomic E-state index is 0.840. The quantitative estimate of drug-likeness (QED) is 0.625. The van der Waals surface area contributed by atoms with Crippen molar-refractivity contribution in [2.45, 2.75) is 20.8 Å². The first-order valence-corrected chi connectivity index (χ1v) is 5.87. The maximum atomic E-state index is 5.17. The monoisotopic (exact) mass is 193 g/mol. The van der Waals surface area contributed by atoms with Crippen molar-refractivity contribution in [3.63, 3.8) is 0 Å². The van der Waals surface area contributed by atoms with Gasteiger partial charge in [-0.1, -0.05) is 13.8 Å². The molecule has 0 aliphatic carbocycles. The van der Waals surface area contributed by atoms with E-state index in [-0.39, 0.29) is 0 Å². The second kappa shape index (κ2) is 17.4. The standard InChI is InChI=1S/C7H17NOS.C2H6/c1-3-9-5-7-10-6-4-8-2;1-2/h8H,3-7H2,1-2H3;1-2H3. The summed E-state index contributed by atoms with van der Waals surface area (Å²) in [5.74, 6) is 2.30. The highest BCUT2D eigenvalue weighted by Gasteiger charge is 1.86. The topological polar surface area (TPSA) is 21.3 Å². The van der Waals surface area contributed by atoms with Gasteiger partial charge in [0.15, 0.2) is 0 Å². The Balaban J connectivity index is 0. The predicted octanol–water partition coefficient (Wildman–Crippen LogP) is 2.00. The molecule has 0 unspecified atom stereocenters. The zero-order chi connectivity index (χ0) is 9.66. The van der Waals surface area contributed by atoms with Crippen LogP contribution in [0.15, 0.2) is 0 Å². The van der Waals surface area contributed by atoms with Crippen LogP contribution in [0.3, 0.4) is 0 Å². The van der Waals surface area contributed by atoms with Gasteiger partial charge in [-0.15, -0.1) is 0 Å². The van der Waals surface area contributed by atoms with Crippen molar-refractivity contribution in [1.29, 1.82) is 0 Å². The van der Waals surface area contributed by atoms with Gasteiger partial charge in [0.25, 0.3) is 0 Å². The van der Waals surface area contributed by atoms with Gasteiger partial charge in [-0.3, -0.25) is 0 Å². The van der Waals surface area contributed by atoms with Crippen molar-refractivity contribution < 1.29 is 4.74 Å². The van der Waals surface area contributed by atoms with Gasteiger partial charge in [0.2, 0.25) is 0 Å². The molecule has 0 aromatic heterocycles. The third kappa shape index (κ3) is 16.7. The van der Waals surface area contributed by atoms with Crippen LogP contribution in [0, 0.1) is 0 Å². The molecule has 12 heavy (non-hydrogen) atoms. The maximum Gasteiger partial charge on any atom is 0.0556 e. The molecule has 0 fully saturated rings. The summed E-state index contributed by atoms with van der Waals surface area (Å²) in [5, 5.41) is 3.10. The summed E-state index contributed by atoms with van der Waals surface area (Å²) < 4.78 is 5.17. The van der Waals surface area contributed by atoms with Crippen LogP contribution >= 0.6 is 11.8 Å². The van der Waals surface area contributed by atoms with Gasteiger partial charge in [-0.2, -0.15) is 11.8 Å². The van der Waals surface area contributed by atoms with E-state index in [1.54, 1.807) is 0 Å². The van der Waals surface area contributed by atoms with E-state index >= 15 is 0 Å². The molecule has 0 saturated carbocycles. The molecule has 2 nitrogen and oxygen atoms in total. The van der Waals surface area contributed by atoms with Crippen molar-refractivity contribution in [3.05, 3.63) is 0 Å². The third-order valence-electron chi connectivity index (χ3n) is 1.07. The molecule has 0 aliphatic rings. The Morgan fingerprint density at radius 3 is 2.42 bits per heavy atom. The molecular formula is C9H23NOS. The molecule has 0 bridgehead atoms. The molecule has 0 atom stereocenters. The molecule has 0 radical (unpaired) electrons. The van der Waals surface area contributed by atoms with Gasteiger partial charge in [0.1, 0.15) is 0 Å². The van der Waals surface area contributed by atoms with Crippen LogP contribution in [0.25, 0.3) is 0 Å². The lowest BCUT2D eigenvalue weighted by Crippen LogP contribution is -2.10. The zero-order valence-electron chi connectivity index (χ0n) is 8.85. The Morgan fingerprint density at radius 1 is 1.25 bits per heavy atom. The van der Waals surface area contributed by atoms with Gasteiger partial charge in [0, 0.05) is 24.7 Å². The van der Waals surface area contributed by atoms with Gasteiger partial charge < -0.3 is 10.1 Å². The van der Waals surface area contributed by atoms with Crippen LogP contribution in [-0.4, -0.2) is 38.3 Å². The molecule has 0 rings (SSSR count). The Labute approximate surface area is 81.5 Å². The van der Waals surface area contributed by atoms with E-state index in [2.05, 4.69) is 5.32 Å². The average Bonchev–Trinajstić information content (AvgIpc) is 2.15. The molecule has 0 amide bonds. The SMILES string of the molecule is CC.CCOCCSCCNC. The Kier molecular flexibility index (Phi) is 21.4. The van der Waals surface area contributed by atoms with Gasteiger partial charge in [0.05, 0.1) is 6.61 Å². The van der Waals surface area contributed by atoms with Crippen LogP contribution in [0.5, 0.6) is 0 Å². The lowest BCUT2D eigenvalue weighted by atomic mass is 10.8. The maximum absolute atomic E-state index is 5.17.